The normalized spacial score (nSPS) is 15.7. The Balaban J connectivity index is 4.50. The van der Waals surface area contributed by atoms with Crippen LogP contribution in [0.1, 0.15) is 40.5 Å². The molecule has 0 aliphatic rings. The van der Waals surface area contributed by atoms with Crippen LogP contribution in [0.25, 0.3) is 0 Å². The zero-order chi connectivity index (χ0) is 13.0. The van der Waals surface area contributed by atoms with Gasteiger partial charge in [0, 0.05) is 13.6 Å². The average Bonchev–Trinajstić information content (AvgIpc) is 2.16. The predicted octanol–water partition coefficient (Wildman–Crippen LogP) is 0.947. The van der Waals surface area contributed by atoms with E-state index in [9.17, 15) is 4.79 Å². The molecule has 4 heteroatoms. The van der Waals surface area contributed by atoms with Crippen LogP contribution in [0.3, 0.4) is 0 Å². The van der Waals surface area contributed by atoms with E-state index in [0.717, 1.165) is 6.42 Å². The van der Waals surface area contributed by atoms with E-state index in [1.54, 1.807) is 18.9 Å². The molecule has 4 nitrogen and oxygen atoms in total. The van der Waals surface area contributed by atoms with Crippen molar-refractivity contribution in [3.63, 3.8) is 0 Å². The van der Waals surface area contributed by atoms with Gasteiger partial charge in [-0.05, 0) is 25.3 Å². The van der Waals surface area contributed by atoms with Crippen LogP contribution >= 0.6 is 0 Å². The molecule has 0 aromatic rings. The van der Waals surface area contributed by atoms with E-state index >= 15 is 0 Å². The highest BCUT2D eigenvalue weighted by Gasteiger charge is 2.32. The molecule has 16 heavy (non-hydrogen) atoms. The highest BCUT2D eigenvalue weighted by Crippen LogP contribution is 2.18. The third kappa shape index (κ3) is 4.49. The van der Waals surface area contributed by atoms with Crippen molar-refractivity contribution in [3.05, 3.63) is 0 Å². The Morgan fingerprint density at radius 2 is 1.81 bits per heavy atom. The molecule has 0 aliphatic carbocycles. The monoisotopic (exact) mass is 229 g/mol. The Kier molecular flexibility index (Phi) is 5.42. The maximum Gasteiger partial charge on any atom is 0.242 e. The smallest absolute Gasteiger partial charge is 0.242 e. The molecule has 0 radical (unpaired) electrons. The molecule has 4 N–H and O–H groups in total. The second kappa shape index (κ2) is 5.64. The fourth-order valence-corrected chi connectivity index (χ4v) is 1.84. The summed E-state index contributed by atoms with van der Waals surface area (Å²) in [5.74, 6) is -0.00382. The number of hydrogen-bond acceptors (Lipinski definition) is 3. The number of amides is 1. The van der Waals surface area contributed by atoms with E-state index in [4.69, 9.17) is 11.5 Å². The molecule has 1 atom stereocenters. The van der Waals surface area contributed by atoms with E-state index in [1.165, 1.54) is 0 Å². The maximum atomic E-state index is 12.1. The fraction of sp³-hybridized carbons (Fsp3) is 0.917. The van der Waals surface area contributed by atoms with Crippen LogP contribution in [0.2, 0.25) is 0 Å². The van der Waals surface area contributed by atoms with Crippen molar-refractivity contribution < 1.29 is 4.79 Å². The summed E-state index contributed by atoms with van der Waals surface area (Å²) in [7, 11) is 1.79. The van der Waals surface area contributed by atoms with Gasteiger partial charge < -0.3 is 16.4 Å². The van der Waals surface area contributed by atoms with E-state index < -0.39 is 5.54 Å². The van der Waals surface area contributed by atoms with E-state index in [1.807, 2.05) is 20.8 Å². The van der Waals surface area contributed by atoms with Crippen LogP contribution in [0, 0.1) is 5.41 Å². The van der Waals surface area contributed by atoms with Crippen LogP contribution in [-0.4, -0.2) is 36.5 Å². The molecule has 1 amide bonds. The zero-order valence-corrected chi connectivity index (χ0v) is 11.3. The van der Waals surface area contributed by atoms with Gasteiger partial charge >= 0.3 is 0 Å². The third-order valence-electron chi connectivity index (χ3n) is 2.82. The Bertz CT molecular complexity index is 236. The van der Waals surface area contributed by atoms with Crippen molar-refractivity contribution in [1.82, 2.24) is 4.90 Å². The Morgan fingerprint density at radius 3 is 2.19 bits per heavy atom. The molecule has 0 spiro atoms. The van der Waals surface area contributed by atoms with Gasteiger partial charge in [0.05, 0.1) is 5.54 Å². The van der Waals surface area contributed by atoms with Crippen LogP contribution in [0.15, 0.2) is 0 Å². The van der Waals surface area contributed by atoms with E-state index in [0.29, 0.717) is 19.5 Å². The van der Waals surface area contributed by atoms with E-state index in [-0.39, 0.29) is 11.3 Å². The van der Waals surface area contributed by atoms with Crippen molar-refractivity contribution >= 4 is 5.91 Å². The first-order chi connectivity index (χ1) is 7.16. The first kappa shape index (κ1) is 15.4. The summed E-state index contributed by atoms with van der Waals surface area (Å²) in [6.07, 6.45) is 1.62. The Morgan fingerprint density at radius 1 is 1.31 bits per heavy atom. The van der Waals surface area contributed by atoms with E-state index in [2.05, 4.69) is 0 Å². The van der Waals surface area contributed by atoms with Gasteiger partial charge in [0.15, 0.2) is 0 Å². The van der Waals surface area contributed by atoms with Crippen LogP contribution in [0.5, 0.6) is 0 Å². The summed E-state index contributed by atoms with van der Waals surface area (Å²) in [6.45, 7) is 9.11. The summed E-state index contributed by atoms with van der Waals surface area (Å²) >= 11 is 0. The Hall–Kier alpha value is -0.610. The molecule has 96 valence electrons. The van der Waals surface area contributed by atoms with Gasteiger partial charge in [-0.15, -0.1) is 0 Å². The molecule has 0 saturated carbocycles. The minimum absolute atomic E-state index is 0.00382. The molecular formula is C12H27N3O. The number of rotatable bonds is 6. The van der Waals surface area contributed by atoms with Crippen molar-refractivity contribution in [2.75, 3.05) is 20.1 Å². The van der Waals surface area contributed by atoms with Gasteiger partial charge in [0.2, 0.25) is 5.91 Å². The first-order valence-corrected chi connectivity index (χ1v) is 5.91. The lowest BCUT2D eigenvalue weighted by molar-refractivity contribution is -0.136. The molecule has 0 aliphatic heterocycles. The van der Waals surface area contributed by atoms with Gasteiger partial charge in [-0.3, -0.25) is 4.79 Å². The Labute approximate surface area is 99.4 Å². The van der Waals surface area contributed by atoms with Gasteiger partial charge in [-0.1, -0.05) is 27.2 Å². The quantitative estimate of drug-likeness (QED) is 0.712. The van der Waals surface area contributed by atoms with Gasteiger partial charge in [0.25, 0.3) is 0 Å². The highest BCUT2D eigenvalue weighted by molar-refractivity contribution is 5.85. The minimum Gasteiger partial charge on any atom is -0.344 e. The number of carbonyl (C=O) groups excluding carboxylic acids is 1. The molecule has 0 aromatic heterocycles. The average molecular weight is 229 g/mol. The third-order valence-corrected chi connectivity index (χ3v) is 2.82. The van der Waals surface area contributed by atoms with Crippen molar-refractivity contribution in [3.8, 4) is 0 Å². The number of likely N-dealkylation sites (N-methyl/N-ethyl adjacent to an activating group) is 1. The number of nitrogens with zero attached hydrogens (tertiary/aromatic N) is 1. The summed E-state index contributed by atoms with van der Waals surface area (Å²) in [4.78, 5) is 13.8. The van der Waals surface area contributed by atoms with Gasteiger partial charge in [0.1, 0.15) is 0 Å². The highest BCUT2D eigenvalue weighted by atomic mass is 16.2. The SMILES string of the molecule is CCCC(C)(N)C(=O)N(C)CC(C)(C)CN. The summed E-state index contributed by atoms with van der Waals surface area (Å²) in [5, 5.41) is 0. The lowest BCUT2D eigenvalue weighted by Crippen LogP contribution is -2.54. The molecule has 0 aromatic carbocycles. The number of carbonyl (C=O) groups is 1. The molecule has 0 fully saturated rings. The zero-order valence-electron chi connectivity index (χ0n) is 11.3. The second-order valence-corrected chi connectivity index (χ2v) is 5.70. The topological polar surface area (TPSA) is 72.4 Å². The van der Waals surface area contributed by atoms with Gasteiger partial charge in [-0.25, -0.2) is 0 Å². The van der Waals surface area contributed by atoms with Crippen LogP contribution in [0.4, 0.5) is 0 Å². The fourth-order valence-electron chi connectivity index (χ4n) is 1.84. The molecular weight excluding hydrogens is 202 g/mol. The summed E-state index contributed by atoms with van der Waals surface area (Å²) < 4.78 is 0. The summed E-state index contributed by atoms with van der Waals surface area (Å²) in [5.41, 5.74) is 10.8. The minimum atomic E-state index is -0.756. The predicted molar refractivity (Wildman–Crippen MR) is 68.0 cm³/mol. The molecule has 0 rings (SSSR count). The molecule has 0 saturated heterocycles. The first-order valence-electron chi connectivity index (χ1n) is 5.91. The van der Waals surface area contributed by atoms with Crippen molar-refractivity contribution in [2.24, 2.45) is 16.9 Å². The molecule has 0 bridgehead atoms. The lowest BCUT2D eigenvalue weighted by atomic mass is 9.91. The van der Waals surface area contributed by atoms with Crippen LogP contribution in [-0.2, 0) is 4.79 Å². The summed E-state index contributed by atoms with van der Waals surface area (Å²) in [6, 6.07) is 0. The number of nitrogens with two attached hydrogens (primary N) is 2. The second-order valence-electron chi connectivity index (χ2n) is 5.70. The van der Waals surface area contributed by atoms with Crippen molar-refractivity contribution in [2.45, 2.75) is 46.1 Å². The number of hydrogen-bond donors (Lipinski definition) is 2. The van der Waals surface area contributed by atoms with Crippen LogP contribution < -0.4 is 11.5 Å². The molecule has 0 heterocycles. The lowest BCUT2D eigenvalue weighted by Gasteiger charge is -2.34. The van der Waals surface area contributed by atoms with Gasteiger partial charge in [-0.2, -0.15) is 0 Å². The standard InChI is InChI=1S/C12H27N3O/c1-6-7-12(4,14)10(16)15(5)9-11(2,3)8-13/h6-9,13-14H2,1-5H3. The van der Waals surface area contributed by atoms with Crippen molar-refractivity contribution in [1.29, 1.82) is 0 Å². The molecule has 1 unspecified atom stereocenters. The largest absolute Gasteiger partial charge is 0.344 e. The maximum absolute atomic E-state index is 12.1.